The smallest absolute Gasteiger partial charge is 0.335 e. The number of hydrogen-bond acceptors (Lipinski definition) is 3. The average Bonchev–Trinajstić information content (AvgIpc) is 2.45. The van der Waals surface area contributed by atoms with Gasteiger partial charge in [-0.05, 0) is 37.0 Å². The standard InChI is InChI=1S/C15H20O4/c1-18-13-8-7-12(15(16)17)9-14(13)19-10-11-5-3-2-4-6-11/h7-9,11H,2-6,10H2,1H3,(H,16,17). The lowest BCUT2D eigenvalue weighted by molar-refractivity contribution is 0.0696. The normalized spacial score (nSPS) is 16.1. The van der Waals surface area contributed by atoms with Gasteiger partial charge >= 0.3 is 5.97 Å². The van der Waals surface area contributed by atoms with Crippen molar-refractivity contribution in [1.82, 2.24) is 0 Å². The predicted octanol–water partition coefficient (Wildman–Crippen LogP) is 3.35. The number of rotatable bonds is 5. The Hall–Kier alpha value is -1.71. The van der Waals surface area contributed by atoms with E-state index < -0.39 is 5.97 Å². The van der Waals surface area contributed by atoms with Gasteiger partial charge in [0.15, 0.2) is 11.5 Å². The van der Waals surface area contributed by atoms with E-state index in [4.69, 9.17) is 14.6 Å². The fourth-order valence-corrected chi connectivity index (χ4v) is 2.48. The van der Waals surface area contributed by atoms with Crippen LogP contribution in [0.1, 0.15) is 42.5 Å². The molecule has 0 heterocycles. The van der Waals surface area contributed by atoms with Crippen LogP contribution in [0.2, 0.25) is 0 Å². The van der Waals surface area contributed by atoms with Crippen molar-refractivity contribution < 1.29 is 19.4 Å². The predicted molar refractivity (Wildman–Crippen MR) is 72.0 cm³/mol. The van der Waals surface area contributed by atoms with E-state index in [0.29, 0.717) is 24.0 Å². The van der Waals surface area contributed by atoms with Gasteiger partial charge < -0.3 is 14.6 Å². The van der Waals surface area contributed by atoms with Gasteiger partial charge in [0.1, 0.15) is 0 Å². The summed E-state index contributed by atoms with van der Waals surface area (Å²) in [6.07, 6.45) is 6.23. The molecule has 1 aliphatic rings. The van der Waals surface area contributed by atoms with Crippen LogP contribution < -0.4 is 9.47 Å². The third kappa shape index (κ3) is 3.63. The summed E-state index contributed by atoms with van der Waals surface area (Å²) in [6.45, 7) is 0.638. The number of ether oxygens (including phenoxy) is 2. The monoisotopic (exact) mass is 264 g/mol. The SMILES string of the molecule is COc1ccc(C(=O)O)cc1OCC1CCCCC1. The summed E-state index contributed by atoms with van der Waals surface area (Å²) in [7, 11) is 1.56. The number of carboxylic acids is 1. The molecule has 19 heavy (non-hydrogen) atoms. The van der Waals surface area contributed by atoms with Crippen molar-refractivity contribution in [2.24, 2.45) is 5.92 Å². The Morgan fingerprint density at radius 1 is 1.26 bits per heavy atom. The molecule has 1 aromatic carbocycles. The van der Waals surface area contributed by atoms with Crippen molar-refractivity contribution in [2.45, 2.75) is 32.1 Å². The molecule has 1 saturated carbocycles. The Bertz CT molecular complexity index is 436. The quantitative estimate of drug-likeness (QED) is 0.886. The molecule has 2 rings (SSSR count). The summed E-state index contributed by atoms with van der Waals surface area (Å²) >= 11 is 0. The first kappa shape index (κ1) is 13.7. The van der Waals surface area contributed by atoms with Gasteiger partial charge in [0.05, 0.1) is 19.3 Å². The summed E-state index contributed by atoms with van der Waals surface area (Å²) in [5, 5.41) is 8.99. The maximum atomic E-state index is 11.0. The zero-order valence-electron chi connectivity index (χ0n) is 11.2. The van der Waals surface area contributed by atoms with Crippen LogP contribution in [0.5, 0.6) is 11.5 Å². The van der Waals surface area contributed by atoms with E-state index in [1.54, 1.807) is 13.2 Å². The largest absolute Gasteiger partial charge is 0.493 e. The Kier molecular flexibility index (Phi) is 4.66. The first-order valence-corrected chi connectivity index (χ1v) is 6.75. The highest BCUT2D eigenvalue weighted by atomic mass is 16.5. The number of carbonyl (C=O) groups is 1. The van der Waals surface area contributed by atoms with Gasteiger partial charge in [0.2, 0.25) is 0 Å². The molecule has 0 aromatic heterocycles. The van der Waals surface area contributed by atoms with Crippen molar-refractivity contribution in [3.63, 3.8) is 0 Å². The Morgan fingerprint density at radius 2 is 2.00 bits per heavy atom. The van der Waals surface area contributed by atoms with Crippen molar-refractivity contribution in [3.8, 4) is 11.5 Å². The van der Waals surface area contributed by atoms with E-state index in [1.165, 1.54) is 44.2 Å². The summed E-state index contributed by atoms with van der Waals surface area (Å²) in [6, 6.07) is 4.69. The fraction of sp³-hybridized carbons (Fsp3) is 0.533. The second kappa shape index (κ2) is 6.45. The summed E-state index contributed by atoms with van der Waals surface area (Å²) in [5.74, 6) is 0.728. The fourth-order valence-electron chi connectivity index (χ4n) is 2.48. The zero-order chi connectivity index (χ0) is 13.7. The van der Waals surface area contributed by atoms with Crippen LogP contribution >= 0.6 is 0 Å². The maximum Gasteiger partial charge on any atom is 0.335 e. The lowest BCUT2D eigenvalue weighted by Crippen LogP contribution is -2.15. The highest BCUT2D eigenvalue weighted by molar-refractivity contribution is 5.88. The van der Waals surface area contributed by atoms with E-state index in [9.17, 15) is 4.79 Å². The van der Waals surface area contributed by atoms with Crippen LogP contribution in [0, 0.1) is 5.92 Å². The van der Waals surface area contributed by atoms with Crippen molar-refractivity contribution in [2.75, 3.05) is 13.7 Å². The van der Waals surface area contributed by atoms with Crippen LogP contribution in [-0.2, 0) is 0 Å². The number of hydrogen-bond donors (Lipinski definition) is 1. The number of benzene rings is 1. The molecular weight excluding hydrogens is 244 g/mol. The maximum absolute atomic E-state index is 11.0. The molecule has 1 fully saturated rings. The summed E-state index contributed by atoms with van der Waals surface area (Å²) in [4.78, 5) is 11.0. The molecule has 1 aliphatic carbocycles. The van der Waals surface area contributed by atoms with Crippen molar-refractivity contribution in [3.05, 3.63) is 23.8 Å². The molecule has 0 spiro atoms. The minimum atomic E-state index is -0.954. The molecule has 4 nitrogen and oxygen atoms in total. The van der Waals surface area contributed by atoms with Crippen LogP contribution in [0.25, 0.3) is 0 Å². The molecule has 104 valence electrons. The van der Waals surface area contributed by atoms with Gasteiger partial charge in [-0.25, -0.2) is 4.79 Å². The first-order chi connectivity index (χ1) is 9.20. The molecule has 0 bridgehead atoms. The van der Waals surface area contributed by atoms with Gasteiger partial charge in [-0.1, -0.05) is 19.3 Å². The Labute approximate surface area is 113 Å². The lowest BCUT2D eigenvalue weighted by Gasteiger charge is -2.22. The second-order valence-electron chi connectivity index (χ2n) is 4.99. The minimum absolute atomic E-state index is 0.222. The molecule has 0 aliphatic heterocycles. The molecule has 1 aromatic rings. The highest BCUT2D eigenvalue weighted by Gasteiger charge is 2.16. The van der Waals surface area contributed by atoms with E-state index in [0.717, 1.165) is 0 Å². The van der Waals surface area contributed by atoms with E-state index in [1.807, 2.05) is 0 Å². The third-order valence-corrected chi connectivity index (χ3v) is 3.61. The lowest BCUT2D eigenvalue weighted by atomic mass is 9.90. The minimum Gasteiger partial charge on any atom is -0.493 e. The number of carboxylic acid groups (broad SMARTS) is 1. The van der Waals surface area contributed by atoms with E-state index in [-0.39, 0.29) is 5.56 Å². The highest BCUT2D eigenvalue weighted by Crippen LogP contribution is 2.30. The van der Waals surface area contributed by atoms with Crippen LogP contribution in [0.15, 0.2) is 18.2 Å². The molecule has 0 saturated heterocycles. The van der Waals surface area contributed by atoms with E-state index in [2.05, 4.69) is 0 Å². The molecule has 1 N–H and O–H groups in total. The second-order valence-corrected chi connectivity index (χ2v) is 4.99. The Balaban J connectivity index is 2.04. The topological polar surface area (TPSA) is 55.8 Å². The molecule has 4 heteroatoms. The van der Waals surface area contributed by atoms with Crippen LogP contribution in [0.4, 0.5) is 0 Å². The molecular formula is C15H20O4. The summed E-state index contributed by atoms with van der Waals surface area (Å²) < 4.78 is 11.0. The molecule has 0 unspecified atom stereocenters. The van der Waals surface area contributed by atoms with Crippen LogP contribution in [0.3, 0.4) is 0 Å². The van der Waals surface area contributed by atoms with Crippen molar-refractivity contribution >= 4 is 5.97 Å². The van der Waals surface area contributed by atoms with Gasteiger partial charge in [-0.15, -0.1) is 0 Å². The van der Waals surface area contributed by atoms with Gasteiger partial charge in [0.25, 0.3) is 0 Å². The third-order valence-electron chi connectivity index (χ3n) is 3.61. The van der Waals surface area contributed by atoms with Gasteiger partial charge in [-0.2, -0.15) is 0 Å². The average molecular weight is 264 g/mol. The number of methoxy groups -OCH3 is 1. The Morgan fingerprint density at radius 3 is 2.63 bits per heavy atom. The molecule has 0 atom stereocenters. The van der Waals surface area contributed by atoms with Gasteiger partial charge in [-0.3, -0.25) is 0 Å². The number of aromatic carboxylic acids is 1. The first-order valence-electron chi connectivity index (χ1n) is 6.75. The summed E-state index contributed by atoms with van der Waals surface area (Å²) in [5.41, 5.74) is 0.222. The molecule has 0 radical (unpaired) electrons. The van der Waals surface area contributed by atoms with Crippen molar-refractivity contribution in [1.29, 1.82) is 0 Å². The van der Waals surface area contributed by atoms with Gasteiger partial charge in [0, 0.05) is 0 Å². The van der Waals surface area contributed by atoms with Crippen LogP contribution in [-0.4, -0.2) is 24.8 Å². The molecule has 0 amide bonds. The van der Waals surface area contributed by atoms with E-state index >= 15 is 0 Å². The zero-order valence-corrected chi connectivity index (χ0v) is 11.2.